The molecule has 0 aliphatic carbocycles. The van der Waals surface area contributed by atoms with Gasteiger partial charge < -0.3 is 11.1 Å². The molecule has 1 atom stereocenters. The molecule has 2 rings (SSSR count). The van der Waals surface area contributed by atoms with Crippen molar-refractivity contribution in [3.63, 3.8) is 0 Å². The van der Waals surface area contributed by atoms with Crippen LogP contribution in [0.1, 0.15) is 25.5 Å². The summed E-state index contributed by atoms with van der Waals surface area (Å²) in [5.41, 5.74) is 4.92. The monoisotopic (exact) mass is 301 g/mol. The van der Waals surface area contributed by atoms with Gasteiger partial charge in [-0.3, -0.25) is 0 Å². The van der Waals surface area contributed by atoms with E-state index in [-0.39, 0.29) is 0 Å². The predicted octanol–water partition coefficient (Wildman–Crippen LogP) is 2.54. The van der Waals surface area contributed by atoms with Gasteiger partial charge >= 0.3 is 6.18 Å². The molecular weight excluding hydrogens is 283 g/mol. The quantitative estimate of drug-likeness (QED) is 0.860. The van der Waals surface area contributed by atoms with E-state index in [9.17, 15) is 13.2 Å². The Bertz CT molecular complexity index is 593. The summed E-state index contributed by atoms with van der Waals surface area (Å²) in [5, 5.41) is 6.61. The van der Waals surface area contributed by atoms with Gasteiger partial charge in [-0.2, -0.15) is 18.3 Å². The highest BCUT2D eigenvalue weighted by Gasteiger charge is 2.34. The summed E-state index contributed by atoms with van der Waals surface area (Å²) >= 11 is 0. The molecule has 0 radical (unpaired) electrons. The lowest BCUT2D eigenvalue weighted by Gasteiger charge is -2.15. The normalized spacial score (nSPS) is 13.6. The Labute approximate surface area is 120 Å². The summed E-state index contributed by atoms with van der Waals surface area (Å²) in [6.07, 6.45) is 0.161. The smallest absolute Gasteiger partial charge is 0.368 e. The summed E-state index contributed by atoms with van der Waals surface area (Å²) in [5.74, 6) is 0.762. The zero-order chi connectivity index (χ0) is 15.5. The van der Waals surface area contributed by atoms with Crippen molar-refractivity contribution in [3.05, 3.63) is 24.2 Å². The number of nitrogens with one attached hydrogen (secondary N) is 1. The van der Waals surface area contributed by atoms with Crippen molar-refractivity contribution >= 4 is 11.3 Å². The van der Waals surface area contributed by atoms with Gasteiger partial charge in [0, 0.05) is 25.0 Å². The van der Waals surface area contributed by atoms with Crippen LogP contribution < -0.4 is 11.1 Å². The molecule has 5 nitrogen and oxygen atoms in total. The topological polar surface area (TPSA) is 68.2 Å². The number of hydrogen-bond acceptors (Lipinski definition) is 4. The van der Waals surface area contributed by atoms with Gasteiger partial charge in [0.05, 0.1) is 0 Å². The van der Waals surface area contributed by atoms with E-state index < -0.39 is 11.9 Å². The van der Waals surface area contributed by atoms with Crippen molar-refractivity contribution in [2.45, 2.75) is 25.9 Å². The van der Waals surface area contributed by atoms with Crippen LogP contribution in [0, 0.1) is 5.92 Å². The van der Waals surface area contributed by atoms with E-state index in [0.29, 0.717) is 30.3 Å². The number of nitrogens with two attached hydrogens (primary N) is 1. The van der Waals surface area contributed by atoms with E-state index in [1.807, 2.05) is 0 Å². The largest absolute Gasteiger partial charge is 0.435 e. The van der Waals surface area contributed by atoms with Gasteiger partial charge in [0.25, 0.3) is 0 Å². The van der Waals surface area contributed by atoms with E-state index in [2.05, 4.69) is 22.3 Å². The molecule has 0 bridgehead atoms. The summed E-state index contributed by atoms with van der Waals surface area (Å²) in [6, 6.07) is 0.999. The molecule has 2 aromatic heterocycles. The fourth-order valence-corrected chi connectivity index (χ4v) is 2.12. The minimum absolute atomic E-state index is 0.312. The Hall–Kier alpha value is -1.83. The molecule has 0 aliphatic rings. The first-order valence-electron chi connectivity index (χ1n) is 6.81. The Balaban J connectivity index is 2.22. The average Bonchev–Trinajstić information content (AvgIpc) is 2.88. The zero-order valence-electron chi connectivity index (χ0n) is 11.7. The standard InChI is InChI=1S/C13H18F3N5/c1-2-9(3-4-17)8-19-12-10-7-11(13(14,15)16)20-21(10)6-5-18-12/h5-7,9H,2-4,8,17H2,1H3,(H,18,19). The molecule has 0 aliphatic heterocycles. The first-order chi connectivity index (χ1) is 9.95. The van der Waals surface area contributed by atoms with Gasteiger partial charge in [-0.25, -0.2) is 9.50 Å². The third kappa shape index (κ3) is 3.63. The number of halogens is 3. The SMILES string of the molecule is CCC(CCN)CNc1nccn2nc(C(F)(F)F)cc12. The maximum Gasteiger partial charge on any atom is 0.435 e. The molecule has 1 unspecified atom stereocenters. The lowest BCUT2D eigenvalue weighted by molar-refractivity contribution is -0.141. The molecule has 0 amide bonds. The number of fused-ring (bicyclic) bond motifs is 1. The Kier molecular flexibility index (Phi) is 4.66. The summed E-state index contributed by atoms with van der Waals surface area (Å²) in [6.45, 7) is 3.26. The van der Waals surface area contributed by atoms with Crippen LogP contribution in [0.25, 0.3) is 5.52 Å². The van der Waals surface area contributed by atoms with Crippen molar-refractivity contribution in [2.75, 3.05) is 18.4 Å². The predicted molar refractivity (Wildman–Crippen MR) is 73.9 cm³/mol. The van der Waals surface area contributed by atoms with Crippen LogP contribution in [0.15, 0.2) is 18.5 Å². The van der Waals surface area contributed by atoms with E-state index in [1.54, 1.807) is 0 Å². The molecule has 0 saturated heterocycles. The number of aromatic nitrogens is 3. The van der Waals surface area contributed by atoms with Crippen LogP contribution in [0.3, 0.4) is 0 Å². The first kappa shape index (κ1) is 15.6. The van der Waals surface area contributed by atoms with E-state index >= 15 is 0 Å². The van der Waals surface area contributed by atoms with Gasteiger partial charge in [0.1, 0.15) is 5.52 Å². The molecule has 8 heteroatoms. The van der Waals surface area contributed by atoms with Crippen molar-refractivity contribution in [1.82, 2.24) is 14.6 Å². The highest BCUT2D eigenvalue weighted by molar-refractivity contribution is 5.67. The molecule has 2 aromatic rings. The Morgan fingerprint density at radius 1 is 1.43 bits per heavy atom. The molecule has 2 heterocycles. The van der Waals surface area contributed by atoms with Crippen LogP contribution >= 0.6 is 0 Å². The first-order valence-corrected chi connectivity index (χ1v) is 6.81. The second-order valence-corrected chi connectivity index (χ2v) is 4.87. The zero-order valence-corrected chi connectivity index (χ0v) is 11.7. The number of anilines is 1. The summed E-state index contributed by atoms with van der Waals surface area (Å²) in [7, 11) is 0. The third-order valence-electron chi connectivity index (χ3n) is 3.39. The second kappa shape index (κ2) is 6.30. The minimum Gasteiger partial charge on any atom is -0.368 e. The van der Waals surface area contributed by atoms with Gasteiger partial charge in [0.2, 0.25) is 0 Å². The highest BCUT2D eigenvalue weighted by Crippen LogP contribution is 2.30. The maximum atomic E-state index is 12.7. The van der Waals surface area contributed by atoms with Gasteiger partial charge in [-0.15, -0.1) is 0 Å². The molecular formula is C13H18F3N5. The number of nitrogens with zero attached hydrogens (tertiary/aromatic N) is 3. The second-order valence-electron chi connectivity index (χ2n) is 4.87. The van der Waals surface area contributed by atoms with E-state index in [0.717, 1.165) is 18.9 Å². The molecule has 0 spiro atoms. The van der Waals surface area contributed by atoms with Crippen LogP contribution in [0.5, 0.6) is 0 Å². The highest BCUT2D eigenvalue weighted by atomic mass is 19.4. The van der Waals surface area contributed by atoms with E-state index in [1.165, 1.54) is 16.9 Å². The lowest BCUT2D eigenvalue weighted by Crippen LogP contribution is -2.18. The third-order valence-corrected chi connectivity index (χ3v) is 3.39. The molecule has 3 N–H and O–H groups in total. The molecule has 21 heavy (non-hydrogen) atoms. The van der Waals surface area contributed by atoms with Gasteiger partial charge in [-0.1, -0.05) is 13.3 Å². The van der Waals surface area contributed by atoms with Crippen LogP contribution in [0.2, 0.25) is 0 Å². The maximum absolute atomic E-state index is 12.7. The fraction of sp³-hybridized carbons (Fsp3) is 0.538. The van der Waals surface area contributed by atoms with Crippen molar-refractivity contribution in [3.8, 4) is 0 Å². The minimum atomic E-state index is -4.46. The van der Waals surface area contributed by atoms with E-state index in [4.69, 9.17) is 5.73 Å². The lowest BCUT2D eigenvalue weighted by atomic mass is 10.0. The van der Waals surface area contributed by atoms with Crippen molar-refractivity contribution in [1.29, 1.82) is 0 Å². The van der Waals surface area contributed by atoms with Crippen LogP contribution in [-0.4, -0.2) is 27.7 Å². The molecule has 0 saturated carbocycles. The fourth-order valence-electron chi connectivity index (χ4n) is 2.12. The summed E-state index contributed by atoms with van der Waals surface area (Å²) in [4.78, 5) is 4.10. The Morgan fingerprint density at radius 2 is 2.19 bits per heavy atom. The Morgan fingerprint density at radius 3 is 2.81 bits per heavy atom. The van der Waals surface area contributed by atoms with Crippen LogP contribution in [0.4, 0.5) is 19.0 Å². The van der Waals surface area contributed by atoms with Gasteiger partial charge in [0.15, 0.2) is 11.5 Å². The number of hydrogen-bond donors (Lipinski definition) is 2. The van der Waals surface area contributed by atoms with Crippen molar-refractivity contribution in [2.24, 2.45) is 11.7 Å². The molecule has 116 valence electrons. The van der Waals surface area contributed by atoms with Crippen molar-refractivity contribution < 1.29 is 13.2 Å². The van der Waals surface area contributed by atoms with Crippen LogP contribution in [-0.2, 0) is 6.18 Å². The summed E-state index contributed by atoms with van der Waals surface area (Å²) < 4.78 is 39.3. The number of alkyl halides is 3. The number of rotatable bonds is 6. The molecule has 0 fully saturated rings. The van der Waals surface area contributed by atoms with Gasteiger partial charge in [-0.05, 0) is 18.9 Å². The molecule has 0 aromatic carbocycles. The average molecular weight is 301 g/mol.